The predicted octanol–water partition coefficient (Wildman–Crippen LogP) is 3.27. The molecule has 0 heterocycles. The third-order valence-corrected chi connectivity index (χ3v) is 3.02. The monoisotopic (exact) mass is 302 g/mol. The van der Waals surface area contributed by atoms with E-state index in [0.29, 0.717) is 24.6 Å². The topological polar surface area (TPSA) is 41.1 Å². The lowest BCUT2D eigenvalue weighted by atomic mass is 10.1. The largest absolute Gasteiger partial charge is 0.416 e. The molecule has 118 valence electrons. The van der Waals surface area contributed by atoms with E-state index in [2.05, 4.69) is 10.6 Å². The molecule has 0 fully saturated rings. The molecule has 0 aliphatic heterocycles. The summed E-state index contributed by atoms with van der Waals surface area (Å²) in [6.45, 7) is 6.30. The molecular weight excluding hydrogens is 281 g/mol. The van der Waals surface area contributed by atoms with Crippen LogP contribution < -0.4 is 10.6 Å². The average Bonchev–Trinajstić information content (AvgIpc) is 2.37. The van der Waals surface area contributed by atoms with Gasteiger partial charge in [0.25, 0.3) is 0 Å². The van der Waals surface area contributed by atoms with E-state index >= 15 is 0 Å². The molecule has 6 heteroatoms. The van der Waals surface area contributed by atoms with Crippen molar-refractivity contribution in [2.75, 3.05) is 6.54 Å². The Hall–Kier alpha value is -1.56. The quantitative estimate of drug-likeness (QED) is 0.847. The number of carbonyl (C=O) groups is 1. The first-order valence-electron chi connectivity index (χ1n) is 6.90. The van der Waals surface area contributed by atoms with Gasteiger partial charge in [0.15, 0.2) is 0 Å². The van der Waals surface area contributed by atoms with Crippen LogP contribution in [0.2, 0.25) is 0 Å². The molecule has 0 bridgehead atoms. The van der Waals surface area contributed by atoms with Crippen LogP contribution in [-0.2, 0) is 11.0 Å². The van der Waals surface area contributed by atoms with Crippen molar-refractivity contribution in [2.45, 2.75) is 45.5 Å². The van der Waals surface area contributed by atoms with E-state index in [9.17, 15) is 18.0 Å². The fourth-order valence-electron chi connectivity index (χ4n) is 1.83. The Bertz CT molecular complexity index is 455. The minimum Gasteiger partial charge on any atom is -0.350 e. The van der Waals surface area contributed by atoms with Crippen LogP contribution in [0.3, 0.4) is 0 Å². The number of nitrogens with one attached hydrogen (secondary N) is 2. The van der Waals surface area contributed by atoms with Crippen LogP contribution in [0.15, 0.2) is 24.3 Å². The zero-order valence-corrected chi connectivity index (χ0v) is 12.4. The maximum absolute atomic E-state index is 12.5. The van der Waals surface area contributed by atoms with Gasteiger partial charge in [0.05, 0.1) is 11.6 Å². The van der Waals surface area contributed by atoms with Crippen molar-refractivity contribution in [3.05, 3.63) is 35.4 Å². The molecule has 3 nitrogen and oxygen atoms in total. The fraction of sp³-hybridized carbons (Fsp3) is 0.533. The van der Waals surface area contributed by atoms with Gasteiger partial charge in [-0.2, -0.15) is 13.2 Å². The van der Waals surface area contributed by atoms with Crippen molar-refractivity contribution < 1.29 is 18.0 Å². The standard InChI is InChI=1S/C15H21F3N2O/c1-10(2)19-9-8-14(21)20-11(3)12-4-6-13(7-5-12)15(16,17)18/h4-7,10-11,19H,8-9H2,1-3H3,(H,20,21). The van der Waals surface area contributed by atoms with Crippen molar-refractivity contribution in [1.82, 2.24) is 10.6 Å². The number of carbonyl (C=O) groups excluding carboxylic acids is 1. The Morgan fingerprint density at radius 2 is 1.71 bits per heavy atom. The van der Waals surface area contributed by atoms with Crippen molar-refractivity contribution in [3.8, 4) is 0 Å². The molecule has 1 unspecified atom stereocenters. The summed E-state index contributed by atoms with van der Waals surface area (Å²) in [7, 11) is 0. The van der Waals surface area contributed by atoms with Gasteiger partial charge in [-0.1, -0.05) is 26.0 Å². The highest BCUT2D eigenvalue weighted by molar-refractivity contribution is 5.76. The molecule has 1 atom stereocenters. The van der Waals surface area contributed by atoms with E-state index in [1.165, 1.54) is 12.1 Å². The summed E-state index contributed by atoms with van der Waals surface area (Å²) in [4.78, 5) is 11.7. The lowest BCUT2D eigenvalue weighted by molar-refractivity contribution is -0.137. The molecule has 1 aromatic carbocycles. The molecular formula is C15H21F3N2O. The second kappa shape index (κ2) is 7.45. The number of halogens is 3. The second-order valence-corrected chi connectivity index (χ2v) is 5.27. The summed E-state index contributed by atoms with van der Waals surface area (Å²) in [5, 5.41) is 5.90. The van der Waals surface area contributed by atoms with E-state index < -0.39 is 11.7 Å². The van der Waals surface area contributed by atoms with Crippen molar-refractivity contribution in [3.63, 3.8) is 0 Å². The molecule has 21 heavy (non-hydrogen) atoms. The Labute approximate surface area is 122 Å². The van der Waals surface area contributed by atoms with E-state index in [4.69, 9.17) is 0 Å². The summed E-state index contributed by atoms with van der Waals surface area (Å²) in [5.74, 6) is -0.129. The molecule has 0 aromatic heterocycles. The third kappa shape index (κ3) is 6.16. The predicted molar refractivity (Wildman–Crippen MR) is 75.8 cm³/mol. The van der Waals surface area contributed by atoms with E-state index in [1.54, 1.807) is 6.92 Å². The number of amides is 1. The van der Waals surface area contributed by atoms with Gasteiger partial charge in [0.1, 0.15) is 0 Å². The van der Waals surface area contributed by atoms with E-state index in [0.717, 1.165) is 12.1 Å². The van der Waals surface area contributed by atoms with Crippen LogP contribution >= 0.6 is 0 Å². The van der Waals surface area contributed by atoms with Crippen LogP contribution in [0.1, 0.15) is 44.4 Å². The summed E-state index contributed by atoms with van der Waals surface area (Å²) in [5.41, 5.74) is -0.0425. The van der Waals surface area contributed by atoms with Crippen molar-refractivity contribution in [1.29, 1.82) is 0 Å². The Morgan fingerprint density at radius 3 is 2.19 bits per heavy atom. The molecule has 0 radical (unpaired) electrons. The van der Waals surface area contributed by atoms with Gasteiger partial charge in [-0.15, -0.1) is 0 Å². The van der Waals surface area contributed by atoms with Gasteiger partial charge in [-0.3, -0.25) is 4.79 Å². The molecule has 1 amide bonds. The van der Waals surface area contributed by atoms with Crippen LogP contribution in [-0.4, -0.2) is 18.5 Å². The van der Waals surface area contributed by atoms with Gasteiger partial charge in [0.2, 0.25) is 5.91 Å². The highest BCUT2D eigenvalue weighted by Gasteiger charge is 2.30. The minimum atomic E-state index is -4.34. The maximum Gasteiger partial charge on any atom is 0.416 e. The number of hydrogen-bond donors (Lipinski definition) is 2. The third-order valence-electron chi connectivity index (χ3n) is 3.02. The van der Waals surface area contributed by atoms with Gasteiger partial charge in [-0.05, 0) is 24.6 Å². The molecule has 0 saturated carbocycles. The SMILES string of the molecule is CC(C)NCCC(=O)NC(C)c1ccc(C(F)(F)F)cc1. The first-order chi connectivity index (χ1) is 9.70. The van der Waals surface area contributed by atoms with Crippen molar-refractivity contribution in [2.24, 2.45) is 0 Å². The molecule has 2 N–H and O–H groups in total. The highest BCUT2D eigenvalue weighted by atomic mass is 19.4. The van der Waals surface area contributed by atoms with E-state index in [1.807, 2.05) is 13.8 Å². The normalized spacial score (nSPS) is 13.3. The van der Waals surface area contributed by atoms with Crippen LogP contribution in [0.25, 0.3) is 0 Å². The molecule has 0 aliphatic carbocycles. The minimum absolute atomic E-state index is 0.129. The number of benzene rings is 1. The zero-order chi connectivity index (χ0) is 16.0. The summed E-state index contributed by atoms with van der Waals surface area (Å²) < 4.78 is 37.4. The van der Waals surface area contributed by atoms with Crippen LogP contribution in [0.4, 0.5) is 13.2 Å². The molecule has 1 rings (SSSR count). The first kappa shape index (κ1) is 17.5. The maximum atomic E-state index is 12.5. The van der Waals surface area contributed by atoms with Gasteiger partial charge >= 0.3 is 6.18 Å². The van der Waals surface area contributed by atoms with Gasteiger partial charge < -0.3 is 10.6 Å². The fourth-order valence-corrected chi connectivity index (χ4v) is 1.83. The number of hydrogen-bond acceptors (Lipinski definition) is 2. The lowest BCUT2D eigenvalue weighted by Crippen LogP contribution is -2.32. The van der Waals surface area contributed by atoms with Crippen LogP contribution in [0.5, 0.6) is 0 Å². The zero-order valence-electron chi connectivity index (χ0n) is 12.4. The molecule has 0 saturated heterocycles. The molecule has 0 aliphatic rings. The molecule has 0 spiro atoms. The Morgan fingerprint density at radius 1 is 1.14 bits per heavy atom. The summed E-state index contributed by atoms with van der Waals surface area (Å²) >= 11 is 0. The smallest absolute Gasteiger partial charge is 0.350 e. The lowest BCUT2D eigenvalue weighted by Gasteiger charge is -2.16. The van der Waals surface area contributed by atoms with E-state index in [-0.39, 0.29) is 11.9 Å². The van der Waals surface area contributed by atoms with Crippen LogP contribution in [0, 0.1) is 0 Å². The van der Waals surface area contributed by atoms with Gasteiger partial charge in [-0.25, -0.2) is 0 Å². The average molecular weight is 302 g/mol. The van der Waals surface area contributed by atoms with Gasteiger partial charge in [0, 0.05) is 19.0 Å². The van der Waals surface area contributed by atoms with Crippen molar-refractivity contribution >= 4 is 5.91 Å². The Balaban J connectivity index is 2.52. The Kier molecular flexibility index (Phi) is 6.20. The second-order valence-electron chi connectivity index (χ2n) is 5.27. The highest BCUT2D eigenvalue weighted by Crippen LogP contribution is 2.29. The molecule has 1 aromatic rings. The summed E-state index contributed by atoms with van der Waals surface area (Å²) in [6.07, 6.45) is -4.00. The summed E-state index contributed by atoms with van der Waals surface area (Å²) in [6, 6.07) is 4.82. The first-order valence-corrected chi connectivity index (χ1v) is 6.90. The number of alkyl halides is 3. The number of rotatable bonds is 6.